The van der Waals surface area contributed by atoms with Crippen LogP contribution < -0.4 is 15.4 Å². The SMILES string of the molecule is C=C[C@@H]1C[C@]1(NC(=O)[C@@H]1C[C@@]2(CN1C(=O)[C@@H](NC(=O)C([AsH]C(=O)[C@@H]1CCCN1C(C)=O)C1CCCCC1)C(C)(C)C)C(C)(C)C21CCC1)C(=O)NS(=O)(=O)N1CCCC1. The molecule has 2 spiro atoms. The third-order valence-corrected chi connectivity index (χ3v) is 21.1. The molecule has 8 atom stereocenters. The number of carbonyl (C=O) groups excluding carboxylic acids is 6. The second-order valence-corrected chi connectivity index (χ2v) is 25.1. The van der Waals surface area contributed by atoms with Gasteiger partial charge < -0.3 is 0 Å². The number of likely N-dealkylation sites (tertiary alicyclic amines) is 2. The van der Waals surface area contributed by atoms with Gasteiger partial charge in [0.2, 0.25) is 0 Å². The van der Waals surface area contributed by atoms with Crippen LogP contribution in [0.2, 0.25) is 4.71 Å². The molecule has 3 aliphatic heterocycles. The Balaban J connectivity index is 1.15. The van der Waals surface area contributed by atoms with E-state index in [1.807, 2.05) is 20.8 Å². The molecule has 7 fully saturated rings. The molecule has 3 saturated heterocycles. The number of hydrogen-bond donors (Lipinski definition) is 3. The topological polar surface area (TPSA) is 182 Å². The Labute approximate surface area is 357 Å². The van der Waals surface area contributed by atoms with Crippen molar-refractivity contribution in [2.24, 2.45) is 33.5 Å². The van der Waals surface area contributed by atoms with E-state index in [1.165, 1.54) is 11.2 Å². The summed E-state index contributed by atoms with van der Waals surface area (Å²) in [6.07, 6.45) is 12.6. The van der Waals surface area contributed by atoms with Gasteiger partial charge in [-0.15, -0.1) is 6.58 Å². The van der Waals surface area contributed by atoms with Crippen LogP contribution in [0.15, 0.2) is 12.7 Å². The summed E-state index contributed by atoms with van der Waals surface area (Å²) < 4.78 is 29.3. The molecule has 59 heavy (non-hydrogen) atoms. The van der Waals surface area contributed by atoms with Gasteiger partial charge in [0.1, 0.15) is 0 Å². The van der Waals surface area contributed by atoms with Gasteiger partial charge in [0, 0.05) is 13.1 Å². The van der Waals surface area contributed by atoms with E-state index in [4.69, 9.17) is 0 Å². The smallest absolute Gasteiger partial charge is 0.189 e. The summed E-state index contributed by atoms with van der Waals surface area (Å²) >= 11 is -1.52. The number of fused-ring (bicyclic) bond motifs is 1. The molecular formula is C43H67AsN6O8S. The van der Waals surface area contributed by atoms with Crippen LogP contribution >= 0.6 is 0 Å². The average molecular weight is 903 g/mol. The first-order valence-corrected chi connectivity index (χ1v) is 25.8. The fraction of sp³-hybridized carbons (Fsp3) is 0.814. The van der Waals surface area contributed by atoms with E-state index in [-0.39, 0.29) is 50.9 Å². The van der Waals surface area contributed by atoms with Crippen molar-refractivity contribution in [2.75, 3.05) is 26.2 Å². The summed E-state index contributed by atoms with van der Waals surface area (Å²) in [6.45, 7) is 17.0. The van der Waals surface area contributed by atoms with Crippen molar-refractivity contribution < 1.29 is 37.2 Å². The summed E-state index contributed by atoms with van der Waals surface area (Å²) in [5.41, 5.74) is -2.82. The van der Waals surface area contributed by atoms with E-state index in [0.29, 0.717) is 51.9 Å². The summed E-state index contributed by atoms with van der Waals surface area (Å²) in [4.78, 5) is 88.2. The Kier molecular flexibility index (Phi) is 11.9. The Hall–Kier alpha value is -2.77. The van der Waals surface area contributed by atoms with Crippen molar-refractivity contribution in [2.45, 2.75) is 160 Å². The van der Waals surface area contributed by atoms with E-state index in [9.17, 15) is 32.4 Å². The molecule has 0 aromatic carbocycles. The van der Waals surface area contributed by atoms with Gasteiger partial charge in [-0.1, -0.05) is 0 Å². The molecule has 0 aromatic heterocycles. The summed E-state index contributed by atoms with van der Waals surface area (Å²) in [5, 5.41) is 6.13. The molecule has 4 saturated carbocycles. The molecule has 0 aromatic rings. The van der Waals surface area contributed by atoms with Crippen LogP contribution in [0.4, 0.5) is 0 Å². The Morgan fingerprint density at radius 3 is 2.03 bits per heavy atom. The van der Waals surface area contributed by atoms with Gasteiger partial charge in [0.15, 0.2) is 0 Å². The average Bonchev–Trinajstić information content (AvgIpc) is 3.59. The van der Waals surface area contributed by atoms with Gasteiger partial charge in [-0.25, -0.2) is 0 Å². The normalized spacial score (nSPS) is 32.5. The number of carbonyl (C=O) groups is 6. The van der Waals surface area contributed by atoms with E-state index in [0.717, 1.165) is 57.8 Å². The molecule has 7 rings (SSSR count). The van der Waals surface area contributed by atoms with Crippen LogP contribution in [0.25, 0.3) is 0 Å². The summed E-state index contributed by atoms with van der Waals surface area (Å²) in [6, 6.07) is -2.47. The van der Waals surface area contributed by atoms with Gasteiger partial charge in [-0.05, 0) is 12.8 Å². The van der Waals surface area contributed by atoms with Gasteiger partial charge in [-0.2, -0.15) is 12.7 Å². The second kappa shape index (κ2) is 15.8. The first-order valence-electron chi connectivity index (χ1n) is 22.1. The zero-order valence-corrected chi connectivity index (χ0v) is 38.9. The number of amides is 5. The molecule has 2 unspecified atom stereocenters. The number of rotatable bonds is 13. The fourth-order valence-electron chi connectivity index (χ4n) is 12.2. The zero-order chi connectivity index (χ0) is 42.9. The van der Waals surface area contributed by atoms with Gasteiger partial charge in [0.05, 0.1) is 0 Å². The second-order valence-electron chi connectivity index (χ2n) is 20.4. The van der Waals surface area contributed by atoms with E-state index < -0.39 is 77.5 Å². The molecule has 0 radical (unpaired) electrons. The minimum atomic E-state index is -4.11. The molecule has 5 amide bonds. The molecule has 16 heteroatoms. The monoisotopic (exact) mass is 902 g/mol. The minimum absolute atomic E-state index is 0.00569. The Morgan fingerprint density at radius 2 is 1.49 bits per heavy atom. The van der Waals surface area contributed by atoms with Crippen LogP contribution in [0.3, 0.4) is 0 Å². The van der Waals surface area contributed by atoms with Crippen molar-refractivity contribution in [1.29, 1.82) is 0 Å². The quantitative estimate of drug-likeness (QED) is 0.186. The van der Waals surface area contributed by atoms with E-state index in [1.54, 1.807) is 15.9 Å². The maximum atomic E-state index is 15.3. The van der Waals surface area contributed by atoms with Crippen molar-refractivity contribution in [3.05, 3.63) is 12.7 Å². The van der Waals surface area contributed by atoms with Crippen molar-refractivity contribution in [3.8, 4) is 0 Å². The molecule has 3 heterocycles. The van der Waals surface area contributed by atoms with Crippen molar-refractivity contribution >= 4 is 60.1 Å². The molecule has 3 N–H and O–H groups in total. The Bertz CT molecular complexity index is 1870. The molecule has 4 aliphatic carbocycles. The standard InChI is InChI=1S/C43H67AsN6O8S/c1-8-29-24-43(29,38(56)47-59(57,58)48-21-12-13-22-48)46-35(53)31-25-42(40(6,7)41(42)19-15-20-41)26-50(31)37(55)33(39(3,4)5)45-36(54)32(28-16-10-9-11-17-28)44-34(52)30-18-14-23-49(30)27(2)51/h8,28-33,44H,1,9-26H2,2-7H3,(H,45,54)(H,46,53)(H,47,56)/t29-,30+,31+,32?,33-,42-,43-/m1/s1. The predicted octanol–water partition coefficient (Wildman–Crippen LogP) is 3.18. The van der Waals surface area contributed by atoms with Crippen LogP contribution in [-0.2, 0) is 39.0 Å². The third-order valence-electron chi connectivity index (χ3n) is 16.1. The van der Waals surface area contributed by atoms with E-state index in [2.05, 4.69) is 35.8 Å². The van der Waals surface area contributed by atoms with Crippen LogP contribution in [-0.4, -0.2) is 122 Å². The maximum absolute atomic E-state index is 15.3. The Morgan fingerprint density at radius 1 is 0.831 bits per heavy atom. The molecule has 0 bridgehead atoms. The molecule has 14 nitrogen and oxygen atoms in total. The van der Waals surface area contributed by atoms with Gasteiger partial charge in [-0.3, -0.25) is 0 Å². The molecule has 328 valence electrons. The summed E-state index contributed by atoms with van der Waals surface area (Å²) in [7, 11) is -4.11. The van der Waals surface area contributed by atoms with Crippen molar-refractivity contribution in [3.63, 3.8) is 0 Å². The van der Waals surface area contributed by atoms with Crippen LogP contribution in [0.5, 0.6) is 0 Å². The molecule has 7 aliphatic rings. The van der Waals surface area contributed by atoms with Crippen LogP contribution in [0, 0.1) is 33.5 Å². The predicted molar refractivity (Wildman–Crippen MR) is 224 cm³/mol. The number of nitrogens with zero attached hydrogens (tertiary/aromatic N) is 3. The van der Waals surface area contributed by atoms with E-state index >= 15 is 4.79 Å². The van der Waals surface area contributed by atoms with Gasteiger partial charge >= 0.3 is 314 Å². The first-order chi connectivity index (χ1) is 27.7. The molecular weight excluding hydrogens is 835 g/mol. The van der Waals surface area contributed by atoms with Crippen LogP contribution in [0.1, 0.15) is 131 Å². The third kappa shape index (κ3) is 7.52. The summed E-state index contributed by atoms with van der Waals surface area (Å²) in [5.74, 6) is -2.62. The minimum Gasteiger partial charge on any atom is -0.189 e. The zero-order valence-electron chi connectivity index (χ0n) is 36.0. The number of nitrogens with one attached hydrogen (secondary N) is 3. The number of hydrogen-bond acceptors (Lipinski definition) is 8. The fourth-order valence-corrected chi connectivity index (χ4v) is 16.8. The first kappa shape index (κ1) is 44.3. The van der Waals surface area contributed by atoms with Gasteiger partial charge in [0.25, 0.3) is 0 Å². The van der Waals surface area contributed by atoms with Crippen molar-refractivity contribution in [1.82, 2.24) is 29.5 Å².